The van der Waals surface area contributed by atoms with Crippen molar-refractivity contribution < 1.29 is 64.8 Å². The van der Waals surface area contributed by atoms with Crippen molar-refractivity contribution in [2.75, 3.05) is 0 Å². The van der Waals surface area contributed by atoms with Gasteiger partial charge in [-0.3, -0.25) is 0 Å². The predicted molar refractivity (Wildman–Crippen MR) is 345 cm³/mol. The van der Waals surface area contributed by atoms with E-state index in [1.54, 1.807) is 0 Å². The molecule has 0 amide bonds. The molecule has 0 saturated heterocycles. The molecule has 0 radical (unpaired) electrons. The second kappa shape index (κ2) is 37.9. The first-order valence-electron chi connectivity index (χ1n) is 29.3. The van der Waals surface area contributed by atoms with E-state index < -0.39 is 0 Å². The first-order valence-corrected chi connectivity index (χ1v) is 30.9. The van der Waals surface area contributed by atoms with Gasteiger partial charge < -0.3 is 24.8 Å². The number of halogens is 2. The minimum atomic E-state index is 0. The summed E-state index contributed by atoms with van der Waals surface area (Å²) in [5.41, 5.74) is 11.1. The molecular formula is C78H80Cl2Ti2-2. The molecule has 12 aromatic rings. The number of benzene rings is 8. The Hall–Kier alpha value is -6.05. The molecule has 0 aromatic heterocycles. The molecule has 0 aliphatic carbocycles. The normalized spacial score (nSPS) is 10.2. The van der Waals surface area contributed by atoms with Gasteiger partial charge in [-0.2, -0.15) is 24.3 Å². The topological polar surface area (TPSA) is 0 Å². The molecule has 0 aliphatic heterocycles. The van der Waals surface area contributed by atoms with E-state index >= 15 is 0 Å². The molecule has 0 heterocycles. The molecule has 0 atom stereocenters. The summed E-state index contributed by atoms with van der Waals surface area (Å²) in [6, 6.07) is 94.7. The molecule has 0 N–H and O–H groups in total. The van der Waals surface area contributed by atoms with E-state index in [9.17, 15) is 0 Å². The van der Waals surface area contributed by atoms with Crippen LogP contribution in [0.4, 0.5) is 0 Å². The van der Waals surface area contributed by atoms with Crippen molar-refractivity contribution in [1.82, 2.24) is 0 Å². The van der Waals surface area contributed by atoms with Crippen molar-refractivity contribution in [3.8, 4) is 0 Å². The third-order valence-electron chi connectivity index (χ3n) is 14.2. The maximum absolute atomic E-state index is 2.31. The van der Waals surface area contributed by atoms with Gasteiger partial charge >= 0.3 is 191 Å². The number of aryl methyl sites for hydroxylation is 4. The molecule has 0 saturated carbocycles. The Kier molecular flexibility index (Phi) is 30.9. The van der Waals surface area contributed by atoms with E-state index in [4.69, 9.17) is 0 Å². The number of hydrogen-bond acceptors (Lipinski definition) is 0. The van der Waals surface area contributed by atoms with Crippen molar-refractivity contribution in [3.63, 3.8) is 0 Å². The van der Waals surface area contributed by atoms with Gasteiger partial charge in [-0.1, -0.05) is 103 Å². The van der Waals surface area contributed by atoms with Crippen LogP contribution < -0.4 is 24.8 Å². The van der Waals surface area contributed by atoms with Gasteiger partial charge in [0.15, 0.2) is 0 Å². The zero-order valence-electron chi connectivity index (χ0n) is 48.6. The Labute approximate surface area is 527 Å². The Bertz CT molecular complexity index is 3020. The fraction of sp³-hybridized carbons (Fsp3) is 0.205. The van der Waals surface area contributed by atoms with Crippen LogP contribution in [-0.2, 0) is 65.6 Å². The Morgan fingerprint density at radius 1 is 0.268 bits per heavy atom. The van der Waals surface area contributed by atoms with Gasteiger partial charge in [0, 0.05) is 0 Å². The number of rotatable bonds is 16. The van der Waals surface area contributed by atoms with Gasteiger partial charge in [0.25, 0.3) is 0 Å². The summed E-state index contributed by atoms with van der Waals surface area (Å²) in [5, 5.41) is 11.1. The first kappa shape index (κ1) is 66.7. The monoisotopic (exact) mass is 1180 g/mol. The fourth-order valence-electron chi connectivity index (χ4n) is 9.71. The SMILES string of the molecule is CCCCc1cc2ccccc2[cH-]1.CCCCc1cc2ccccc2[cH-]1.CCCCc1cc2ccccc2[cH-]1.CCCCc1cc2ccccc2[cH-]1.[Cl-].[Cl-].[Ti+2]=[C](c1ccccc1)c1ccccc1.[Ti+2]=[C](c1ccccc1)c1ccccc1. The van der Waals surface area contributed by atoms with Crippen LogP contribution in [0.25, 0.3) is 43.1 Å². The molecule has 4 heteroatoms. The summed E-state index contributed by atoms with van der Waals surface area (Å²) < 4.78 is 2.65. The molecule has 12 aromatic carbocycles. The van der Waals surface area contributed by atoms with Crippen molar-refractivity contribution >= 4 is 50.7 Å². The van der Waals surface area contributed by atoms with Crippen LogP contribution in [-0.4, -0.2) is 7.62 Å². The third-order valence-corrected chi connectivity index (χ3v) is 16.0. The average Bonchev–Trinajstić information content (AvgIpc) is 4.37. The Morgan fingerprint density at radius 2 is 0.451 bits per heavy atom. The average molecular weight is 1180 g/mol. The van der Waals surface area contributed by atoms with Crippen LogP contribution in [0.2, 0.25) is 0 Å². The molecule has 0 spiro atoms. The van der Waals surface area contributed by atoms with E-state index in [2.05, 4.69) is 310 Å². The van der Waals surface area contributed by atoms with Gasteiger partial charge in [0.05, 0.1) is 0 Å². The van der Waals surface area contributed by atoms with Crippen LogP contribution in [0.1, 0.15) is 124 Å². The standard InChI is InChI=1S/2C13H10.4C13H15.2ClH.2Ti/c2*1-3-7-12(8-4-1)11-13-9-5-2-6-10-13;4*1-2-3-6-11-9-12-7-4-5-8-13(12)10-11;;;;/h2*1-10H;4*4-5,7-10H,2-3,6H2,1H3;2*1H;;/q;;4*-1;;;2*+2/p-2. The van der Waals surface area contributed by atoms with Gasteiger partial charge in [0.1, 0.15) is 0 Å². The van der Waals surface area contributed by atoms with Crippen molar-refractivity contribution in [2.24, 2.45) is 0 Å². The number of fused-ring (bicyclic) bond motifs is 4. The van der Waals surface area contributed by atoms with Crippen LogP contribution in [0.5, 0.6) is 0 Å². The molecule has 0 aliphatic rings. The molecule has 0 fully saturated rings. The molecule has 82 heavy (non-hydrogen) atoms. The molecule has 416 valence electrons. The summed E-state index contributed by atoms with van der Waals surface area (Å²) in [7, 11) is 0. The molecule has 0 bridgehead atoms. The van der Waals surface area contributed by atoms with E-state index in [1.807, 2.05) is 24.3 Å². The Balaban J connectivity index is 0.000000180. The van der Waals surface area contributed by atoms with Crippen LogP contribution >= 0.6 is 0 Å². The summed E-state index contributed by atoms with van der Waals surface area (Å²) in [5.74, 6) is 0. The van der Waals surface area contributed by atoms with Crippen LogP contribution in [0, 0.1) is 0 Å². The number of hydrogen-bond donors (Lipinski definition) is 0. The fourth-order valence-corrected chi connectivity index (χ4v) is 10.8. The van der Waals surface area contributed by atoms with E-state index in [1.165, 1.54) is 172 Å². The summed E-state index contributed by atoms with van der Waals surface area (Å²) in [6.45, 7) is 8.95. The van der Waals surface area contributed by atoms with Gasteiger partial charge in [-0.15, -0.1) is 162 Å². The molecule has 0 nitrogen and oxygen atoms in total. The van der Waals surface area contributed by atoms with Crippen molar-refractivity contribution in [3.05, 3.63) is 311 Å². The summed E-state index contributed by atoms with van der Waals surface area (Å²) in [4.78, 5) is 0. The predicted octanol–water partition coefficient (Wildman–Crippen LogP) is 15.2. The molecule has 0 unspecified atom stereocenters. The van der Waals surface area contributed by atoms with Crippen molar-refractivity contribution in [2.45, 2.75) is 105 Å². The Morgan fingerprint density at radius 3 is 0.634 bits per heavy atom. The minimum absolute atomic E-state index is 0. The third kappa shape index (κ3) is 21.9. The van der Waals surface area contributed by atoms with Crippen LogP contribution in [0.15, 0.2) is 267 Å². The van der Waals surface area contributed by atoms with Gasteiger partial charge in [-0.25, -0.2) is 0 Å². The second-order valence-corrected chi connectivity index (χ2v) is 22.2. The maximum atomic E-state index is 2.31. The quantitative estimate of drug-likeness (QED) is 0.0668. The van der Waals surface area contributed by atoms with E-state index in [0.29, 0.717) is 0 Å². The van der Waals surface area contributed by atoms with E-state index in [0.717, 1.165) is 0 Å². The van der Waals surface area contributed by atoms with E-state index in [-0.39, 0.29) is 24.8 Å². The van der Waals surface area contributed by atoms with Crippen molar-refractivity contribution in [1.29, 1.82) is 0 Å². The van der Waals surface area contributed by atoms with Crippen LogP contribution in [0.3, 0.4) is 0 Å². The molecular weight excluding hydrogens is 1100 g/mol. The zero-order valence-corrected chi connectivity index (χ0v) is 53.3. The zero-order chi connectivity index (χ0) is 56.0. The first-order chi connectivity index (χ1) is 39.3. The summed E-state index contributed by atoms with van der Waals surface area (Å²) in [6.07, 6.45) is 15.2. The van der Waals surface area contributed by atoms with Gasteiger partial charge in [0.2, 0.25) is 0 Å². The second-order valence-electron chi connectivity index (χ2n) is 20.6. The number of unbranched alkanes of at least 4 members (excludes halogenated alkanes) is 4. The molecule has 12 rings (SSSR count). The van der Waals surface area contributed by atoms with Gasteiger partial charge in [-0.05, 0) is 25.7 Å². The summed E-state index contributed by atoms with van der Waals surface area (Å²) >= 11 is 4.31.